The van der Waals surface area contributed by atoms with Gasteiger partial charge in [-0.1, -0.05) is 40.2 Å². The Hall–Kier alpha value is -2.12. The van der Waals surface area contributed by atoms with Crippen LogP contribution in [-0.2, 0) is 10.1 Å². The van der Waals surface area contributed by atoms with Crippen molar-refractivity contribution in [2.45, 2.75) is 31.7 Å². The zero-order valence-electron chi connectivity index (χ0n) is 13.4. The van der Waals surface area contributed by atoms with E-state index in [1.54, 1.807) is 18.2 Å². The Balaban J connectivity index is 2.52. The number of halogens is 1. The lowest BCUT2D eigenvalue weighted by molar-refractivity contribution is 0.00695. The van der Waals surface area contributed by atoms with Gasteiger partial charge in [-0.3, -0.25) is 0 Å². The number of hydrogen-bond acceptors (Lipinski definition) is 3. The molecular weight excluding hydrogens is 354 g/mol. The molecule has 0 N–H and O–H groups in total. The normalized spacial score (nSPS) is 10.9. The molecule has 0 bridgehead atoms. The molecule has 118 valence electrons. The lowest BCUT2D eigenvalue weighted by Crippen LogP contribution is -2.24. The predicted molar refractivity (Wildman–Crippen MR) is 94.4 cm³/mol. The van der Waals surface area contributed by atoms with Gasteiger partial charge >= 0.3 is 5.97 Å². The first-order chi connectivity index (χ1) is 10.8. The summed E-state index contributed by atoms with van der Waals surface area (Å²) in [5, 5.41) is 9.90. The fourth-order valence-electron chi connectivity index (χ4n) is 2.21. The van der Waals surface area contributed by atoms with E-state index in [9.17, 15) is 10.1 Å². The highest BCUT2D eigenvalue weighted by molar-refractivity contribution is 9.08. The van der Waals surface area contributed by atoms with Gasteiger partial charge in [0.1, 0.15) is 5.60 Å². The molecule has 0 heterocycles. The van der Waals surface area contributed by atoms with Crippen molar-refractivity contribution < 1.29 is 9.53 Å². The molecule has 0 atom stereocenters. The van der Waals surface area contributed by atoms with Crippen LogP contribution in [0.3, 0.4) is 0 Å². The summed E-state index contributed by atoms with van der Waals surface area (Å²) in [6.07, 6.45) is 0. The zero-order valence-corrected chi connectivity index (χ0v) is 15.0. The predicted octanol–water partition coefficient (Wildman–Crippen LogP) is 5.08. The first kappa shape index (κ1) is 17.2. The number of nitrogens with zero attached hydrogens (tertiary/aromatic N) is 1. The van der Waals surface area contributed by atoms with Crippen molar-refractivity contribution in [3.63, 3.8) is 0 Å². The van der Waals surface area contributed by atoms with Crippen LogP contribution in [0.25, 0.3) is 11.1 Å². The molecule has 2 aromatic carbocycles. The van der Waals surface area contributed by atoms with Crippen molar-refractivity contribution in [3.05, 3.63) is 59.2 Å². The molecule has 0 fully saturated rings. The van der Waals surface area contributed by atoms with Gasteiger partial charge in [-0.25, -0.2) is 4.79 Å². The molecule has 0 aromatic heterocycles. The summed E-state index contributed by atoms with van der Waals surface area (Å²) in [5.74, 6) is -0.365. The minimum atomic E-state index is -0.549. The monoisotopic (exact) mass is 371 g/mol. The Labute approximate surface area is 145 Å². The minimum absolute atomic E-state index is 0.365. The SMILES string of the molecule is CC(C)(C)OC(=O)c1cc(CBr)cc(-c2ccccc2C#N)c1. The zero-order chi connectivity index (χ0) is 17.0. The maximum Gasteiger partial charge on any atom is 0.338 e. The third kappa shape index (κ3) is 4.43. The molecule has 0 saturated carbocycles. The van der Waals surface area contributed by atoms with Gasteiger partial charge in [-0.2, -0.15) is 5.26 Å². The molecule has 3 nitrogen and oxygen atoms in total. The Morgan fingerprint density at radius 1 is 1.22 bits per heavy atom. The summed E-state index contributed by atoms with van der Waals surface area (Å²) in [7, 11) is 0. The number of benzene rings is 2. The van der Waals surface area contributed by atoms with Crippen LogP contribution in [0.15, 0.2) is 42.5 Å². The van der Waals surface area contributed by atoms with Crippen LogP contribution in [0, 0.1) is 11.3 Å². The van der Waals surface area contributed by atoms with E-state index in [1.165, 1.54) is 0 Å². The summed E-state index contributed by atoms with van der Waals surface area (Å²) in [6.45, 7) is 5.52. The van der Waals surface area contributed by atoms with E-state index in [0.29, 0.717) is 16.5 Å². The Kier molecular flexibility index (Phi) is 5.23. The molecule has 0 radical (unpaired) electrons. The summed E-state index contributed by atoms with van der Waals surface area (Å²) in [5.41, 5.74) is 3.11. The molecule has 23 heavy (non-hydrogen) atoms. The molecule has 0 aliphatic rings. The lowest BCUT2D eigenvalue weighted by atomic mass is 9.96. The van der Waals surface area contributed by atoms with Gasteiger partial charge in [0.2, 0.25) is 0 Å². The van der Waals surface area contributed by atoms with E-state index in [0.717, 1.165) is 16.7 Å². The van der Waals surface area contributed by atoms with Gasteiger partial charge in [0.25, 0.3) is 0 Å². The highest BCUT2D eigenvalue weighted by atomic mass is 79.9. The summed E-state index contributed by atoms with van der Waals surface area (Å²) >= 11 is 3.43. The number of carbonyl (C=O) groups excluding carboxylic acids is 1. The highest BCUT2D eigenvalue weighted by Gasteiger charge is 2.19. The van der Waals surface area contributed by atoms with Gasteiger partial charge in [0.05, 0.1) is 17.2 Å². The van der Waals surface area contributed by atoms with E-state index in [2.05, 4.69) is 22.0 Å². The topological polar surface area (TPSA) is 50.1 Å². The second-order valence-corrected chi connectivity index (χ2v) is 6.77. The van der Waals surface area contributed by atoms with Crippen LogP contribution in [0.4, 0.5) is 0 Å². The average molecular weight is 372 g/mol. The molecule has 0 spiro atoms. The first-order valence-corrected chi connectivity index (χ1v) is 8.39. The fourth-order valence-corrected chi connectivity index (χ4v) is 2.54. The highest BCUT2D eigenvalue weighted by Crippen LogP contribution is 2.27. The largest absolute Gasteiger partial charge is 0.456 e. The third-order valence-corrected chi connectivity index (χ3v) is 3.79. The molecule has 0 amide bonds. The summed E-state index contributed by atoms with van der Waals surface area (Å²) in [4.78, 5) is 12.4. The lowest BCUT2D eigenvalue weighted by Gasteiger charge is -2.20. The van der Waals surface area contributed by atoms with Crippen molar-refractivity contribution in [2.24, 2.45) is 0 Å². The maximum absolute atomic E-state index is 12.4. The van der Waals surface area contributed by atoms with E-state index < -0.39 is 5.60 Å². The Morgan fingerprint density at radius 2 is 1.91 bits per heavy atom. The summed E-state index contributed by atoms with van der Waals surface area (Å²) in [6, 6.07) is 15.1. The Bertz CT molecular complexity index is 770. The number of carbonyl (C=O) groups is 1. The van der Waals surface area contributed by atoms with Crippen molar-refractivity contribution in [3.8, 4) is 17.2 Å². The van der Waals surface area contributed by atoms with E-state index in [-0.39, 0.29) is 5.97 Å². The number of hydrogen-bond donors (Lipinski definition) is 0. The number of esters is 1. The van der Waals surface area contributed by atoms with Crippen molar-refractivity contribution >= 4 is 21.9 Å². The van der Waals surface area contributed by atoms with Gasteiger partial charge in [-0.15, -0.1) is 0 Å². The molecule has 0 unspecified atom stereocenters. The molecule has 0 aliphatic carbocycles. The van der Waals surface area contributed by atoms with Crippen LogP contribution < -0.4 is 0 Å². The molecule has 0 saturated heterocycles. The smallest absolute Gasteiger partial charge is 0.338 e. The van der Waals surface area contributed by atoms with Gasteiger partial charge in [0.15, 0.2) is 0 Å². The van der Waals surface area contributed by atoms with E-state index in [4.69, 9.17) is 4.74 Å². The molecule has 0 aliphatic heterocycles. The average Bonchev–Trinajstić information content (AvgIpc) is 2.52. The Morgan fingerprint density at radius 3 is 2.52 bits per heavy atom. The third-order valence-electron chi connectivity index (χ3n) is 3.14. The van der Waals surface area contributed by atoms with Crippen LogP contribution in [0.1, 0.15) is 42.3 Å². The second kappa shape index (κ2) is 6.97. The minimum Gasteiger partial charge on any atom is -0.456 e. The standard InChI is InChI=1S/C19H18BrNO2/c1-19(2,3)23-18(22)16-9-13(11-20)8-15(10-16)17-7-5-4-6-14(17)12-21/h4-10H,11H2,1-3H3. The van der Waals surface area contributed by atoms with E-state index >= 15 is 0 Å². The van der Waals surface area contributed by atoms with Crippen molar-refractivity contribution in [1.82, 2.24) is 0 Å². The van der Waals surface area contributed by atoms with Crippen LogP contribution >= 0.6 is 15.9 Å². The van der Waals surface area contributed by atoms with E-state index in [1.807, 2.05) is 45.0 Å². The first-order valence-electron chi connectivity index (χ1n) is 7.27. The maximum atomic E-state index is 12.4. The van der Waals surface area contributed by atoms with Crippen LogP contribution in [-0.4, -0.2) is 11.6 Å². The molecule has 4 heteroatoms. The fraction of sp³-hybridized carbons (Fsp3) is 0.263. The number of ether oxygens (including phenoxy) is 1. The van der Waals surface area contributed by atoms with Crippen LogP contribution in [0.5, 0.6) is 0 Å². The van der Waals surface area contributed by atoms with Crippen LogP contribution in [0.2, 0.25) is 0 Å². The van der Waals surface area contributed by atoms with Gasteiger partial charge in [-0.05, 0) is 55.7 Å². The number of rotatable bonds is 3. The van der Waals surface area contributed by atoms with Gasteiger partial charge < -0.3 is 4.74 Å². The van der Waals surface area contributed by atoms with Crippen molar-refractivity contribution in [1.29, 1.82) is 5.26 Å². The number of nitriles is 1. The molecular formula is C19H18BrNO2. The summed E-state index contributed by atoms with van der Waals surface area (Å²) < 4.78 is 5.45. The molecule has 2 aromatic rings. The quantitative estimate of drug-likeness (QED) is 0.558. The second-order valence-electron chi connectivity index (χ2n) is 6.21. The number of alkyl halides is 1. The molecule has 2 rings (SSSR count). The van der Waals surface area contributed by atoms with Gasteiger partial charge in [0, 0.05) is 5.33 Å². The van der Waals surface area contributed by atoms with Crippen molar-refractivity contribution in [2.75, 3.05) is 0 Å².